The minimum absolute atomic E-state index is 0.0187. The molecule has 5 rings (SSSR count). The molecule has 1 saturated heterocycles. The Bertz CT molecular complexity index is 1060. The van der Waals surface area contributed by atoms with E-state index in [1.807, 2.05) is 17.0 Å². The van der Waals surface area contributed by atoms with Gasteiger partial charge in [-0.25, -0.2) is 4.98 Å². The first-order chi connectivity index (χ1) is 13.9. The smallest absolute Gasteiger partial charge is 0.365 e. The number of para-hydroxylation sites is 1. The van der Waals surface area contributed by atoms with Crippen LogP contribution in [0.15, 0.2) is 42.7 Å². The van der Waals surface area contributed by atoms with E-state index >= 15 is 0 Å². The molecule has 29 heavy (non-hydrogen) atoms. The van der Waals surface area contributed by atoms with Gasteiger partial charge in [0.25, 0.3) is 5.91 Å². The lowest BCUT2D eigenvalue weighted by atomic mass is 10.0. The third-order valence-corrected chi connectivity index (χ3v) is 5.87. The van der Waals surface area contributed by atoms with Crippen molar-refractivity contribution < 1.29 is 18.0 Å². The molecule has 6 nitrogen and oxygen atoms in total. The maximum absolute atomic E-state index is 13.2. The third-order valence-electron chi connectivity index (χ3n) is 5.87. The van der Waals surface area contributed by atoms with Gasteiger partial charge in [0.2, 0.25) is 0 Å². The number of piperidine rings is 1. The second kappa shape index (κ2) is 6.47. The minimum Gasteiger partial charge on any atom is -0.365 e. The highest BCUT2D eigenvalue weighted by molar-refractivity contribution is 6.05. The Kier molecular flexibility index (Phi) is 4.01. The molecule has 0 spiro atoms. The lowest BCUT2D eigenvalue weighted by molar-refractivity contribution is -0.137. The summed E-state index contributed by atoms with van der Waals surface area (Å²) in [7, 11) is 0. The van der Waals surface area contributed by atoms with Gasteiger partial charge in [0.1, 0.15) is 5.82 Å². The van der Waals surface area contributed by atoms with Crippen molar-refractivity contribution in [3.8, 4) is 0 Å². The van der Waals surface area contributed by atoms with E-state index in [-0.39, 0.29) is 18.0 Å². The summed E-state index contributed by atoms with van der Waals surface area (Å²) in [5.74, 6) is 0.703. The molecule has 1 aliphatic carbocycles. The molecule has 0 unspecified atom stereocenters. The SMILES string of the molecule is O=C(c1cccc2cn[nH]c12)N1C[C@@H]2C[C@@H](Nc3ccc(C(F)(F)F)cn3)[C@@H]1C2. The van der Waals surface area contributed by atoms with Gasteiger partial charge in [-0.1, -0.05) is 12.1 Å². The standard InChI is InChI=1S/C20H18F3N5O/c21-20(22,23)13-4-5-17(24-9-13)26-15-6-11-7-16(15)28(10-11)19(29)14-3-1-2-12-8-25-27-18(12)14/h1-5,8-9,11,15-16H,6-7,10H2,(H,24,26)(H,25,27)/t11-,15-,16+/m1/s1. The topological polar surface area (TPSA) is 73.9 Å². The van der Waals surface area contributed by atoms with Crippen molar-refractivity contribution in [2.24, 2.45) is 5.92 Å². The molecule has 1 saturated carbocycles. The lowest BCUT2D eigenvalue weighted by Gasteiger charge is -2.34. The van der Waals surface area contributed by atoms with E-state index in [0.717, 1.165) is 30.5 Å². The average molecular weight is 401 g/mol. The molecular formula is C20H18F3N5O. The van der Waals surface area contributed by atoms with Crippen LogP contribution in [0.1, 0.15) is 28.8 Å². The number of benzene rings is 1. The number of hydrogen-bond acceptors (Lipinski definition) is 4. The average Bonchev–Trinajstić information content (AvgIpc) is 3.42. The monoisotopic (exact) mass is 401 g/mol. The number of amides is 1. The van der Waals surface area contributed by atoms with Crippen LogP contribution in [0, 0.1) is 5.92 Å². The highest BCUT2D eigenvalue weighted by atomic mass is 19.4. The molecule has 150 valence electrons. The summed E-state index contributed by atoms with van der Waals surface area (Å²) in [4.78, 5) is 19.0. The number of halogens is 3. The summed E-state index contributed by atoms with van der Waals surface area (Å²) < 4.78 is 38.2. The van der Waals surface area contributed by atoms with Gasteiger partial charge in [0, 0.05) is 24.2 Å². The van der Waals surface area contributed by atoms with Crippen LogP contribution in [0.5, 0.6) is 0 Å². The van der Waals surface area contributed by atoms with E-state index in [2.05, 4.69) is 20.5 Å². The number of anilines is 1. The maximum atomic E-state index is 13.2. The van der Waals surface area contributed by atoms with Crippen LogP contribution in [-0.2, 0) is 6.18 Å². The summed E-state index contributed by atoms with van der Waals surface area (Å²) in [6, 6.07) is 7.82. The van der Waals surface area contributed by atoms with Crippen molar-refractivity contribution >= 4 is 22.6 Å². The van der Waals surface area contributed by atoms with Crippen molar-refractivity contribution in [3.05, 3.63) is 53.9 Å². The van der Waals surface area contributed by atoms with Crippen LogP contribution in [0.3, 0.4) is 0 Å². The Morgan fingerprint density at radius 1 is 1.17 bits per heavy atom. The molecule has 1 aromatic carbocycles. The van der Waals surface area contributed by atoms with Gasteiger partial charge >= 0.3 is 6.18 Å². The summed E-state index contributed by atoms with van der Waals surface area (Å²) in [6.07, 6.45) is -0.149. The second-order valence-corrected chi connectivity index (χ2v) is 7.68. The number of likely N-dealkylation sites (tertiary alicyclic amines) is 1. The molecule has 3 atom stereocenters. The van der Waals surface area contributed by atoms with Crippen LogP contribution in [0.25, 0.3) is 10.9 Å². The van der Waals surface area contributed by atoms with Gasteiger partial charge in [0.15, 0.2) is 0 Å². The van der Waals surface area contributed by atoms with Crippen LogP contribution in [0.2, 0.25) is 0 Å². The van der Waals surface area contributed by atoms with Gasteiger partial charge in [0.05, 0.1) is 28.9 Å². The van der Waals surface area contributed by atoms with Crippen molar-refractivity contribution in [2.75, 3.05) is 11.9 Å². The highest BCUT2D eigenvalue weighted by Gasteiger charge is 2.47. The molecule has 2 bridgehead atoms. The Labute approximate surface area is 164 Å². The van der Waals surface area contributed by atoms with Crippen LogP contribution >= 0.6 is 0 Å². The number of alkyl halides is 3. The summed E-state index contributed by atoms with van der Waals surface area (Å²) in [5, 5.41) is 11.0. The predicted molar refractivity (Wildman–Crippen MR) is 100 cm³/mol. The zero-order valence-corrected chi connectivity index (χ0v) is 15.3. The normalized spacial score (nSPS) is 23.7. The fourth-order valence-electron chi connectivity index (χ4n) is 4.55. The Hall–Kier alpha value is -3.10. The molecule has 3 aromatic rings. The fraction of sp³-hybridized carbons (Fsp3) is 0.350. The van der Waals surface area contributed by atoms with E-state index in [0.29, 0.717) is 29.4 Å². The zero-order chi connectivity index (χ0) is 20.2. The Morgan fingerprint density at radius 2 is 2.03 bits per heavy atom. The first-order valence-corrected chi connectivity index (χ1v) is 9.43. The number of aromatic nitrogens is 3. The molecule has 0 radical (unpaired) electrons. The number of H-pyrrole nitrogens is 1. The number of pyridine rings is 1. The second-order valence-electron chi connectivity index (χ2n) is 7.68. The first kappa shape index (κ1) is 18.0. The zero-order valence-electron chi connectivity index (χ0n) is 15.3. The molecule has 1 aliphatic heterocycles. The Morgan fingerprint density at radius 3 is 2.76 bits per heavy atom. The fourth-order valence-corrected chi connectivity index (χ4v) is 4.55. The molecule has 1 amide bonds. The van der Waals surface area contributed by atoms with E-state index in [9.17, 15) is 18.0 Å². The highest BCUT2D eigenvalue weighted by Crippen LogP contribution is 2.40. The summed E-state index contributed by atoms with van der Waals surface area (Å²) >= 11 is 0. The van der Waals surface area contributed by atoms with Gasteiger partial charge in [-0.2, -0.15) is 18.3 Å². The van der Waals surface area contributed by atoms with Gasteiger partial charge < -0.3 is 10.2 Å². The number of hydrogen-bond donors (Lipinski definition) is 2. The van der Waals surface area contributed by atoms with Crippen LogP contribution in [-0.4, -0.2) is 44.6 Å². The van der Waals surface area contributed by atoms with Crippen molar-refractivity contribution in [1.29, 1.82) is 0 Å². The van der Waals surface area contributed by atoms with Gasteiger partial charge in [-0.3, -0.25) is 9.89 Å². The summed E-state index contributed by atoms with van der Waals surface area (Å²) in [5.41, 5.74) is 0.522. The minimum atomic E-state index is -4.41. The quantitative estimate of drug-likeness (QED) is 0.702. The number of nitrogens with zero attached hydrogens (tertiary/aromatic N) is 3. The number of carbonyl (C=O) groups is 1. The van der Waals surface area contributed by atoms with Gasteiger partial charge in [-0.15, -0.1) is 0 Å². The molecule has 2 N–H and O–H groups in total. The first-order valence-electron chi connectivity index (χ1n) is 9.43. The number of fused-ring (bicyclic) bond motifs is 3. The number of carbonyl (C=O) groups excluding carboxylic acids is 1. The molecular weight excluding hydrogens is 383 g/mol. The lowest BCUT2D eigenvalue weighted by Crippen LogP contribution is -2.47. The van der Waals surface area contributed by atoms with Gasteiger partial charge in [-0.05, 0) is 37.0 Å². The predicted octanol–water partition coefficient (Wildman–Crippen LogP) is 3.69. The largest absolute Gasteiger partial charge is 0.417 e. The molecule has 2 aromatic heterocycles. The van der Waals surface area contributed by atoms with Crippen molar-refractivity contribution in [2.45, 2.75) is 31.1 Å². The molecule has 2 fully saturated rings. The molecule has 9 heteroatoms. The number of rotatable bonds is 3. The number of aromatic amines is 1. The molecule has 3 heterocycles. The van der Waals surface area contributed by atoms with E-state index < -0.39 is 11.7 Å². The van der Waals surface area contributed by atoms with E-state index in [1.54, 1.807) is 12.3 Å². The van der Waals surface area contributed by atoms with Crippen molar-refractivity contribution in [1.82, 2.24) is 20.1 Å². The maximum Gasteiger partial charge on any atom is 0.417 e. The van der Waals surface area contributed by atoms with Crippen LogP contribution < -0.4 is 5.32 Å². The van der Waals surface area contributed by atoms with Crippen molar-refractivity contribution in [3.63, 3.8) is 0 Å². The third kappa shape index (κ3) is 3.10. The van der Waals surface area contributed by atoms with E-state index in [1.165, 1.54) is 6.07 Å². The molecule has 2 aliphatic rings. The van der Waals surface area contributed by atoms with E-state index in [4.69, 9.17) is 0 Å². The Balaban J connectivity index is 1.35. The van der Waals surface area contributed by atoms with Crippen LogP contribution in [0.4, 0.5) is 19.0 Å². The number of nitrogens with one attached hydrogen (secondary N) is 2. The summed E-state index contributed by atoms with van der Waals surface area (Å²) in [6.45, 7) is 0.687.